The molecule has 3 nitrogen and oxygen atoms in total. The van der Waals surface area contributed by atoms with E-state index in [2.05, 4.69) is 0 Å². The molecule has 19 heavy (non-hydrogen) atoms. The molecule has 3 rings (SSSR count). The fourth-order valence-corrected chi connectivity index (χ4v) is 2.59. The Bertz CT molecular complexity index is 652. The van der Waals surface area contributed by atoms with Gasteiger partial charge in [0.1, 0.15) is 18.3 Å². The van der Waals surface area contributed by atoms with Crippen molar-refractivity contribution in [3.8, 4) is 5.75 Å². The average Bonchev–Trinajstić information content (AvgIpc) is 2.54. The number of hydrogen-bond donors (Lipinski definition) is 1. The molecule has 0 saturated heterocycles. The van der Waals surface area contributed by atoms with Crippen LogP contribution in [0.5, 0.6) is 5.75 Å². The standard InChI is InChI=1S/C15H11ClO3/c16-10-5-6-13-12(7-10)14(15(17)18)11-4-2-1-3-9(11)8-19-13/h1-7,14H,8H2,(H,17,18)/t14-/m0/s1. The first-order valence-corrected chi connectivity index (χ1v) is 6.27. The van der Waals surface area contributed by atoms with Crippen molar-refractivity contribution in [2.75, 3.05) is 0 Å². The molecule has 2 aromatic carbocycles. The molecule has 0 radical (unpaired) electrons. The number of carbonyl (C=O) groups is 1. The Morgan fingerprint density at radius 2 is 2.00 bits per heavy atom. The zero-order chi connectivity index (χ0) is 13.4. The number of hydrogen-bond acceptors (Lipinski definition) is 2. The van der Waals surface area contributed by atoms with Gasteiger partial charge in [0.25, 0.3) is 0 Å². The van der Waals surface area contributed by atoms with Crippen LogP contribution in [0.15, 0.2) is 42.5 Å². The number of rotatable bonds is 1. The molecule has 0 amide bonds. The fraction of sp³-hybridized carbons (Fsp3) is 0.133. The first-order chi connectivity index (χ1) is 9.16. The molecule has 0 saturated carbocycles. The second-order valence-electron chi connectivity index (χ2n) is 4.44. The van der Waals surface area contributed by atoms with Crippen LogP contribution in [0.3, 0.4) is 0 Å². The minimum atomic E-state index is -0.901. The first kappa shape index (κ1) is 12.1. The van der Waals surface area contributed by atoms with Crippen molar-refractivity contribution < 1.29 is 14.6 Å². The Kier molecular flexibility index (Phi) is 2.91. The third-order valence-corrected chi connectivity index (χ3v) is 3.51. The van der Waals surface area contributed by atoms with E-state index >= 15 is 0 Å². The van der Waals surface area contributed by atoms with Crippen molar-refractivity contribution in [3.63, 3.8) is 0 Å². The summed E-state index contributed by atoms with van der Waals surface area (Å²) >= 11 is 5.98. The topological polar surface area (TPSA) is 46.5 Å². The lowest BCUT2D eigenvalue weighted by atomic mass is 9.88. The van der Waals surface area contributed by atoms with Crippen LogP contribution in [0.1, 0.15) is 22.6 Å². The number of benzene rings is 2. The molecule has 4 heteroatoms. The summed E-state index contributed by atoms with van der Waals surface area (Å²) in [5.74, 6) is -1.07. The molecule has 1 aliphatic rings. The fourth-order valence-electron chi connectivity index (χ4n) is 2.41. The second kappa shape index (κ2) is 4.59. The third-order valence-electron chi connectivity index (χ3n) is 3.28. The Morgan fingerprint density at radius 3 is 2.79 bits per heavy atom. The van der Waals surface area contributed by atoms with Crippen molar-refractivity contribution in [2.45, 2.75) is 12.5 Å². The Hall–Kier alpha value is -2.00. The van der Waals surface area contributed by atoms with Crippen molar-refractivity contribution in [1.82, 2.24) is 0 Å². The number of ether oxygens (including phenoxy) is 1. The number of halogens is 1. The van der Waals surface area contributed by atoms with E-state index in [9.17, 15) is 9.90 Å². The van der Waals surface area contributed by atoms with Crippen LogP contribution in [-0.4, -0.2) is 11.1 Å². The lowest BCUT2D eigenvalue weighted by molar-refractivity contribution is -0.137. The molecule has 96 valence electrons. The van der Waals surface area contributed by atoms with Gasteiger partial charge in [-0.05, 0) is 29.3 Å². The molecular formula is C15H11ClO3. The number of carboxylic acid groups (broad SMARTS) is 1. The van der Waals surface area contributed by atoms with Crippen molar-refractivity contribution in [3.05, 3.63) is 64.2 Å². The SMILES string of the molecule is O=C(O)[C@H]1c2ccccc2COc2ccc(Cl)cc21. The molecule has 0 unspecified atom stereocenters. The molecule has 0 bridgehead atoms. The van der Waals surface area contributed by atoms with E-state index in [1.165, 1.54) is 0 Å². The smallest absolute Gasteiger partial charge is 0.315 e. The number of carboxylic acids is 1. The molecular weight excluding hydrogens is 264 g/mol. The van der Waals surface area contributed by atoms with Gasteiger partial charge in [-0.3, -0.25) is 4.79 Å². The van der Waals surface area contributed by atoms with Crippen LogP contribution in [0.2, 0.25) is 5.02 Å². The highest BCUT2D eigenvalue weighted by Gasteiger charge is 2.30. The van der Waals surface area contributed by atoms with Crippen LogP contribution in [-0.2, 0) is 11.4 Å². The Morgan fingerprint density at radius 1 is 1.21 bits per heavy atom. The van der Waals surface area contributed by atoms with Gasteiger partial charge in [0, 0.05) is 10.6 Å². The average molecular weight is 275 g/mol. The number of aliphatic carboxylic acids is 1. The van der Waals surface area contributed by atoms with Gasteiger partial charge in [-0.15, -0.1) is 0 Å². The Labute approximate surface area is 115 Å². The summed E-state index contributed by atoms with van der Waals surface area (Å²) in [5, 5.41) is 10.1. The van der Waals surface area contributed by atoms with E-state index < -0.39 is 11.9 Å². The Balaban J connectivity index is 2.25. The summed E-state index contributed by atoms with van der Waals surface area (Å²) in [4.78, 5) is 11.6. The van der Waals surface area contributed by atoms with E-state index in [0.29, 0.717) is 22.9 Å². The van der Waals surface area contributed by atoms with Gasteiger partial charge in [-0.2, -0.15) is 0 Å². The van der Waals surface area contributed by atoms with Crippen molar-refractivity contribution in [2.24, 2.45) is 0 Å². The zero-order valence-electron chi connectivity index (χ0n) is 9.97. The monoisotopic (exact) mass is 274 g/mol. The van der Waals surface area contributed by atoms with Gasteiger partial charge in [-0.1, -0.05) is 35.9 Å². The molecule has 2 aromatic rings. The van der Waals surface area contributed by atoms with Crippen molar-refractivity contribution in [1.29, 1.82) is 0 Å². The molecule has 0 spiro atoms. The predicted molar refractivity (Wildman–Crippen MR) is 71.7 cm³/mol. The zero-order valence-corrected chi connectivity index (χ0v) is 10.7. The molecule has 1 heterocycles. The summed E-state index contributed by atoms with van der Waals surface area (Å²) in [6, 6.07) is 12.5. The highest BCUT2D eigenvalue weighted by Crippen LogP contribution is 2.38. The van der Waals surface area contributed by atoms with Gasteiger partial charge in [0.15, 0.2) is 0 Å². The van der Waals surface area contributed by atoms with Gasteiger partial charge >= 0.3 is 5.97 Å². The van der Waals surface area contributed by atoms with Crippen molar-refractivity contribution >= 4 is 17.6 Å². The van der Waals surface area contributed by atoms with E-state index in [1.807, 2.05) is 24.3 Å². The maximum Gasteiger partial charge on any atom is 0.315 e. The van der Waals surface area contributed by atoms with E-state index in [0.717, 1.165) is 11.1 Å². The maximum atomic E-state index is 11.6. The summed E-state index contributed by atoms with van der Waals surface area (Å²) in [7, 11) is 0. The third kappa shape index (κ3) is 2.06. The summed E-state index contributed by atoms with van der Waals surface area (Å²) in [6.45, 7) is 0.370. The second-order valence-corrected chi connectivity index (χ2v) is 4.88. The van der Waals surface area contributed by atoms with Gasteiger partial charge in [0.2, 0.25) is 0 Å². The van der Waals surface area contributed by atoms with Crippen LogP contribution in [0.4, 0.5) is 0 Å². The molecule has 0 aromatic heterocycles. The first-order valence-electron chi connectivity index (χ1n) is 5.89. The molecule has 0 aliphatic carbocycles. The summed E-state index contributed by atoms with van der Waals surface area (Å²) < 4.78 is 5.69. The van der Waals surface area contributed by atoms with E-state index in [4.69, 9.17) is 16.3 Å². The number of fused-ring (bicyclic) bond motifs is 2. The lowest BCUT2D eigenvalue weighted by Crippen LogP contribution is -2.13. The van der Waals surface area contributed by atoms with Crippen LogP contribution >= 0.6 is 11.6 Å². The van der Waals surface area contributed by atoms with Gasteiger partial charge in [-0.25, -0.2) is 0 Å². The normalized spacial score (nSPS) is 16.8. The molecule has 0 fully saturated rings. The van der Waals surface area contributed by atoms with Gasteiger partial charge < -0.3 is 9.84 Å². The lowest BCUT2D eigenvalue weighted by Gasteiger charge is -2.14. The van der Waals surface area contributed by atoms with Crippen LogP contribution < -0.4 is 4.74 Å². The summed E-state index contributed by atoms with van der Waals surface area (Å²) in [5.41, 5.74) is 2.25. The maximum absolute atomic E-state index is 11.6. The highest BCUT2D eigenvalue weighted by atomic mass is 35.5. The largest absolute Gasteiger partial charge is 0.489 e. The minimum Gasteiger partial charge on any atom is -0.489 e. The molecule has 1 aliphatic heterocycles. The quantitative estimate of drug-likeness (QED) is 0.866. The molecule has 1 N–H and O–H groups in total. The summed E-state index contributed by atoms with van der Waals surface area (Å²) in [6.07, 6.45) is 0. The van der Waals surface area contributed by atoms with Crippen LogP contribution in [0.25, 0.3) is 0 Å². The van der Waals surface area contributed by atoms with Crippen LogP contribution in [0, 0.1) is 0 Å². The van der Waals surface area contributed by atoms with E-state index in [1.54, 1.807) is 18.2 Å². The van der Waals surface area contributed by atoms with Gasteiger partial charge in [0.05, 0.1) is 0 Å². The van der Waals surface area contributed by atoms with E-state index in [-0.39, 0.29) is 0 Å². The highest BCUT2D eigenvalue weighted by molar-refractivity contribution is 6.30. The predicted octanol–water partition coefficient (Wildman–Crippen LogP) is 3.45. The minimum absolute atomic E-state index is 0.370. The molecule has 1 atom stereocenters.